The van der Waals surface area contributed by atoms with Crippen molar-refractivity contribution >= 4 is 28.1 Å². The molecule has 0 aliphatic heterocycles. The predicted molar refractivity (Wildman–Crippen MR) is 143 cm³/mol. The lowest BCUT2D eigenvalue weighted by Crippen LogP contribution is -2.38. The third kappa shape index (κ3) is 5.29. The highest BCUT2D eigenvalue weighted by atomic mass is 32.1. The molecule has 1 heterocycles. The van der Waals surface area contributed by atoms with E-state index in [-0.39, 0.29) is 18.9 Å². The van der Waals surface area contributed by atoms with Gasteiger partial charge in [-0.25, -0.2) is 9.78 Å². The Morgan fingerprint density at radius 2 is 1.50 bits per heavy atom. The number of benzene rings is 3. The minimum absolute atomic E-state index is 0.0406. The number of rotatable bonds is 10. The van der Waals surface area contributed by atoms with Gasteiger partial charge in [0.25, 0.3) is 0 Å². The van der Waals surface area contributed by atoms with Gasteiger partial charge in [-0.1, -0.05) is 102 Å². The number of esters is 1. The van der Waals surface area contributed by atoms with Gasteiger partial charge in [0.2, 0.25) is 5.71 Å². The molecule has 0 aliphatic carbocycles. The van der Waals surface area contributed by atoms with Gasteiger partial charge in [-0.15, -0.1) is 17.8 Å². The number of thiazole rings is 1. The van der Waals surface area contributed by atoms with Gasteiger partial charge in [0.15, 0.2) is 11.7 Å². The lowest BCUT2D eigenvalue weighted by Gasteiger charge is -2.36. The van der Waals surface area contributed by atoms with Crippen molar-refractivity contribution in [2.75, 3.05) is 18.5 Å². The summed E-state index contributed by atoms with van der Waals surface area (Å²) in [6, 6.07) is 30.6. The first kappa shape index (κ1) is 24.7. The minimum Gasteiger partial charge on any atom is -0.461 e. The summed E-state index contributed by atoms with van der Waals surface area (Å²) in [4.78, 5) is 22.3. The number of oxime groups is 1. The molecule has 36 heavy (non-hydrogen) atoms. The van der Waals surface area contributed by atoms with E-state index in [2.05, 4.69) is 52.8 Å². The van der Waals surface area contributed by atoms with E-state index in [1.807, 2.05) is 54.6 Å². The van der Waals surface area contributed by atoms with E-state index in [1.54, 1.807) is 12.3 Å². The number of aromatic nitrogens is 1. The van der Waals surface area contributed by atoms with Crippen LogP contribution in [0.2, 0.25) is 0 Å². The molecule has 7 heteroatoms. The summed E-state index contributed by atoms with van der Waals surface area (Å²) in [5, 5.41) is 9.92. The van der Waals surface area contributed by atoms with Crippen LogP contribution in [-0.4, -0.2) is 29.9 Å². The Labute approximate surface area is 214 Å². The third-order valence-corrected chi connectivity index (χ3v) is 6.19. The zero-order valence-electron chi connectivity index (χ0n) is 19.8. The zero-order chi connectivity index (χ0) is 25.2. The average Bonchev–Trinajstić information content (AvgIpc) is 3.39. The molecule has 0 unspecified atom stereocenters. The van der Waals surface area contributed by atoms with Crippen LogP contribution in [0.15, 0.2) is 102 Å². The van der Waals surface area contributed by atoms with Crippen LogP contribution in [0.5, 0.6) is 0 Å². The highest BCUT2D eigenvalue weighted by Crippen LogP contribution is 2.40. The van der Waals surface area contributed by atoms with Crippen LogP contribution in [0.3, 0.4) is 0 Å². The number of carbonyl (C=O) groups is 1. The van der Waals surface area contributed by atoms with Crippen LogP contribution in [0.4, 0.5) is 5.13 Å². The molecule has 0 atom stereocenters. The predicted octanol–water partition coefficient (Wildman–Crippen LogP) is 5.46. The van der Waals surface area contributed by atoms with Crippen LogP contribution < -0.4 is 5.32 Å². The third-order valence-electron chi connectivity index (χ3n) is 5.43. The van der Waals surface area contributed by atoms with Gasteiger partial charge in [-0.05, 0) is 23.6 Å². The van der Waals surface area contributed by atoms with Crippen molar-refractivity contribution < 1.29 is 14.4 Å². The quantitative estimate of drug-likeness (QED) is 0.0789. The Bertz CT molecular complexity index is 1250. The molecule has 0 saturated carbocycles. The van der Waals surface area contributed by atoms with Gasteiger partial charge in [0.1, 0.15) is 11.2 Å². The smallest absolute Gasteiger partial charge is 0.362 e. The second-order valence-electron chi connectivity index (χ2n) is 7.65. The van der Waals surface area contributed by atoms with Gasteiger partial charge in [-0.2, -0.15) is 0 Å². The summed E-state index contributed by atoms with van der Waals surface area (Å²) < 4.78 is 5.15. The molecule has 0 amide bonds. The summed E-state index contributed by atoms with van der Waals surface area (Å²) in [5.74, 6) is 1.69. The molecule has 0 radical (unpaired) electrons. The minimum atomic E-state index is -0.750. The number of hydrogen-bond acceptors (Lipinski definition) is 7. The van der Waals surface area contributed by atoms with Crippen LogP contribution in [0.1, 0.15) is 29.3 Å². The molecule has 3 aromatic carbocycles. The van der Waals surface area contributed by atoms with E-state index in [0.717, 1.165) is 16.7 Å². The Morgan fingerprint density at radius 1 is 0.972 bits per heavy atom. The van der Waals surface area contributed by atoms with E-state index in [4.69, 9.17) is 21.0 Å². The van der Waals surface area contributed by atoms with Crippen molar-refractivity contribution in [3.05, 3.63) is 119 Å². The number of anilines is 1. The fourth-order valence-corrected chi connectivity index (χ4v) is 4.65. The fraction of sp³-hybridized carbons (Fsp3) is 0.138. The van der Waals surface area contributed by atoms with E-state index in [1.165, 1.54) is 11.3 Å². The monoisotopic (exact) mass is 495 g/mol. The first-order chi connectivity index (χ1) is 17.7. The zero-order valence-corrected chi connectivity index (χ0v) is 20.6. The van der Waals surface area contributed by atoms with Crippen molar-refractivity contribution in [2.45, 2.75) is 12.5 Å². The molecule has 4 rings (SSSR count). The molecule has 180 valence electrons. The summed E-state index contributed by atoms with van der Waals surface area (Å²) in [6.45, 7) is 1.85. The summed E-state index contributed by atoms with van der Waals surface area (Å²) in [6.07, 6.45) is 5.24. The Balaban J connectivity index is 1.83. The standard InChI is InChI=1S/C29H25N3O3S/c1-3-20-35-32-26(27(33)34-4-2)25-21-36-28(30-25)31-29(22-14-8-5-9-15-22,23-16-10-6-11-17-23)24-18-12-7-13-19-24/h1,5-19,21H,4,20H2,2H3,(H,30,31). The van der Waals surface area contributed by atoms with Crippen LogP contribution in [0.25, 0.3) is 0 Å². The first-order valence-electron chi connectivity index (χ1n) is 11.4. The number of nitrogens with zero attached hydrogens (tertiary/aromatic N) is 2. The summed E-state index contributed by atoms with van der Waals surface area (Å²) in [5.41, 5.74) is 2.66. The maximum atomic E-state index is 12.6. The van der Waals surface area contributed by atoms with Gasteiger partial charge < -0.3 is 14.9 Å². The second-order valence-corrected chi connectivity index (χ2v) is 8.51. The fourth-order valence-electron chi connectivity index (χ4n) is 3.90. The molecular formula is C29H25N3O3S. The van der Waals surface area contributed by atoms with Crippen LogP contribution >= 0.6 is 11.3 Å². The largest absolute Gasteiger partial charge is 0.461 e. The van der Waals surface area contributed by atoms with Crippen molar-refractivity contribution in [1.82, 2.24) is 4.98 Å². The van der Waals surface area contributed by atoms with E-state index < -0.39 is 11.5 Å². The Morgan fingerprint density at radius 3 is 1.97 bits per heavy atom. The topological polar surface area (TPSA) is 72.8 Å². The number of nitrogens with one attached hydrogen (secondary N) is 1. The molecule has 4 aromatic rings. The molecule has 1 aromatic heterocycles. The van der Waals surface area contributed by atoms with Gasteiger partial charge in [0.05, 0.1) is 6.61 Å². The molecule has 0 bridgehead atoms. The van der Waals surface area contributed by atoms with Gasteiger partial charge in [-0.3, -0.25) is 0 Å². The Kier molecular flexibility index (Phi) is 8.12. The highest BCUT2D eigenvalue weighted by Gasteiger charge is 2.37. The number of ether oxygens (including phenoxy) is 1. The number of terminal acetylenes is 1. The van der Waals surface area contributed by atoms with Gasteiger partial charge >= 0.3 is 5.97 Å². The van der Waals surface area contributed by atoms with Crippen molar-refractivity contribution in [3.8, 4) is 12.3 Å². The lowest BCUT2D eigenvalue weighted by atomic mass is 9.77. The molecule has 0 fully saturated rings. The number of carbonyl (C=O) groups excluding carboxylic acids is 1. The van der Waals surface area contributed by atoms with Crippen molar-refractivity contribution in [2.24, 2.45) is 5.16 Å². The molecule has 0 saturated heterocycles. The molecule has 0 spiro atoms. The lowest BCUT2D eigenvalue weighted by molar-refractivity contribution is -0.135. The van der Waals surface area contributed by atoms with Crippen molar-refractivity contribution in [1.29, 1.82) is 0 Å². The molecular weight excluding hydrogens is 470 g/mol. The molecule has 0 aliphatic rings. The van der Waals surface area contributed by atoms with Crippen LogP contribution in [-0.2, 0) is 19.9 Å². The highest BCUT2D eigenvalue weighted by molar-refractivity contribution is 7.14. The van der Waals surface area contributed by atoms with Crippen molar-refractivity contribution in [3.63, 3.8) is 0 Å². The van der Waals surface area contributed by atoms with Gasteiger partial charge in [0, 0.05) is 5.38 Å². The number of hydrogen-bond donors (Lipinski definition) is 1. The summed E-state index contributed by atoms with van der Waals surface area (Å²) >= 11 is 1.36. The normalized spacial score (nSPS) is 11.4. The molecule has 6 nitrogen and oxygen atoms in total. The SMILES string of the molecule is C#CCON=C(C(=O)OCC)c1csc(NC(c2ccccc2)(c2ccccc2)c2ccccc2)n1. The summed E-state index contributed by atoms with van der Waals surface area (Å²) in [7, 11) is 0. The second kappa shape index (κ2) is 11.8. The first-order valence-corrected chi connectivity index (χ1v) is 12.3. The molecule has 1 N–H and O–H groups in total. The maximum absolute atomic E-state index is 12.6. The Hall–Kier alpha value is -4.41. The van der Waals surface area contributed by atoms with E-state index in [0.29, 0.717) is 10.8 Å². The van der Waals surface area contributed by atoms with Crippen LogP contribution in [0, 0.1) is 12.3 Å². The van der Waals surface area contributed by atoms with E-state index in [9.17, 15) is 4.79 Å². The van der Waals surface area contributed by atoms with E-state index >= 15 is 0 Å². The maximum Gasteiger partial charge on any atom is 0.362 e. The average molecular weight is 496 g/mol.